The molecule has 1 atom stereocenters. The Morgan fingerprint density at radius 3 is 2.37 bits per heavy atom. The van der Waals surface area contributed by atoms with E-state index in [-0.39, 0.29) is 11.8 Å². The van der Waals surface area contributed by atoms with E-state index in [4.69, 9.17) is 5.73 Å². The van der Waals surface area contributed by atoms with E-state index in [0.717, 1.165) is 16.5 Å². The van der Waals surface area contributed by atoms with E-state index in [1.165, 1.54) is 0 Å². The van der Waals surface area contributed by atoms with Gasteiger partial charge in [-0.1, -0.05) is 41.9 Å². The molecule has 1 aromatic carbocycles. The summed E-state index contributed by atoms with van der Waals surface area (Å²) in [6.45, 7) is 5.28. The summed E-state index contributed by atoms with van der Waals surface area (Å²) >= 11 is 3.41. The molecule has 0 saturated heterocycles. The zero-order valence-electron chi connectivity index (χ0n) is 11.9. The summed E-state index contributed by atoms with van der Waals surface area (Å²) in [5, 5.41) is 0. The fourth-order valence-electron chi connectivity index (χ4n) is 2.12. The lowest BCUT2D eigenvalue weighted by atomic mass is 9.96. The monoisotopic (exact) mass is 326 g/mol. The highest BCUT2D eigenvalue weighted by molar-refractivity contribution is 9.10. The number of hydrogen-bond acceptors (Lipinski definition) is 2. The minimum absolute atomic E-state index is 0.0690. The van der Waals surface area contributed by atoms with E-state index in [9.17, 15) is 4.79 Å². The molecule has 106 valence electrons. The third-order valence-corrected chi connectivity index (χ3v) is 3.63. The summed E-state index contributed by atoms with van der Waals surface area (Å²) in [5.41, 5.74) is 6.84. The van der Waals surface area contributed by atoms with Crippen molar-refractivity contribution in [3.8, 4) is 0 Å². The van der Waals surface area contributed by atoms with Gasteiger partial charge in [0.15, 0.2) is 0 Å². The lowest BCUT2D eigenvalue weighted by Crippen LogP contribution is -2.36. The van der Waals surface area contributed by atoms with Crippen LogP contribution in [0.15, 0.2) is 28.7 Å². The maximum Gasteiger partial charge on any atom is 0.227 e. The number of rotatable bonds is 6. The molecule has 0 fully saturated rings. The SMILES string of the molecule is CC(C)CC(CN)C(=O)N(C)Cc1ccc(Br)cc1. The van der Waals surface area contributed by atoms with Crippen molar-refractivity contribution in [2.45, 2.75) is 26.8 Å². The van der Waals surface area contributed by atoms with Gasteiger partial charge in [-0.3, -0.25) is 4.79 Å². The summed E-state index contributed by atoms with van der Waals surface area (Å²) in [6.07, 6.45) is 0.847. The zero-order chi connectivity index (χ0) is 14.4. The Labute approximate surface area is 124 Å². The van der Waals surface area contributed by atoms with Crippen molar-refractivity contribution in [2.75, 3.05) is 13.6 Å². The number of amides is 1. The van der Waals surface area contributed by atoms with Crippen LogP contribution in [0.4, 0.5) is 0 Å². The molecule has 0 aliphatic heterocycles. The van der Waals surface area contributed by atoms with Crippen LogP contribution in [0.5, 0.6) is 0 Å². The molecular weight excluding hydrogens is 304 g/mol. The van der Waals surface area contributed by atoms with Gasteiger partial charge < -0.3 is 10.6 Å². The van der Waals surface area contributed by atoms with Crippen molar-refractivity contribution >= 4 is 21.8 Å². The van der Waals surface area contributed by atoms with Crippen LogP contribution in [0.2, 0.25) is 0 Å². The van der Waals surface area contributed by atoms with Gasteiger partial charge in [-0.2, -0.15) is 0 Å². The standard InChI is InChI=1S/C15H23BrN2O/c1-11(2)8-13(9-17)15(19)18(3)10-12-4-6-14(16)7-5-12/h4-7,11,13H,8-10,17H2,1-3H3. The minimum atomic E-state index is -0.0690. The highest BCUT2D eigenvalue weighted by atomic mass is 79.9. The number of carbonyl (C=O) groups is 1. The molecule has 3 nitrogen and oxygen atoms in total. The Morgan fingerprint density at radius 1 is 1.32 bits per heavy atom. The molecule has 4 heteroatoms. The highest BCUT2D eigenvalue weighted by Crippen LogP contribution is 2.16. The second-order valence-corrected chi connectivity index (χ2v) is 6.30. The summed E-state index contributed by atoms with van der Waals surface area (Å²) < 4.78 is 1.05. The van der Waals surface area contributed by atoms with E-state index in [0.29, 0.717) is 19.0 Å². The van der Waals surface area contributed by atoms with E-state index in [1.807, 2.05) is 31.3 Å². The second kappa shape index (κ2) is 7.65. The van der Waals surface area contributed by atoms with Crippen molar-refractivity contribution in [1.82, 2.24) is 4.90 Å². The third-order valence-electron chi connectivity index (χ3n) is 3.10. The van der Waals surface area contributed by atoms with E-state index in [2.05, 4.69) is 29.8 Å². The summed E-state index contributed by atoms with van der Waals surface area (Å²) in [4.78, 5) is 14.1. The highest BCUT2D eigenvalue weighted by Gasteiger charge is 2.21. The third kappa shape index (κ3) is 5.33. The molecule has 0 aromatic heterocycles. The smallest absolute Gasteiger partial charge is 0.227 e. The molecule has 1 rings (SSSR count). The first-order chi connectivity index (χ1) is 8.93. The maximum absolute atomic E-state index is 12.3. The Morgan fingerprint density at radius 2 is 1.89 bits per heavy atom. The zero-order valence-corrected chi connectivity index (χ0v) is 13.5. The Bertz CT molecular complexity index is 403. The van der Waals surface area contributed by atoms with Crippen molar-refractivity contribution in [3.63, 3.8) is 0 Å². The molecule has 0 saturated carbocycles. The first-order valence-electron chi connectivity index (χ1n) is 6.63. The molecule has 2 N–H and O–H groups in total. The first-order valence-corrected chi connectivity index (χ1v) is 7.42. The number of benzene rings is 1. The van der Waals surface area contributed by atoms with Crippen LogP contribution < -0.4 is 5.73 Å². The van der Waals surface area contributed by atoms with Crippen molar-refractivity contribution in [3.05, 3.63) is 34.3 Å². The molecule has 1 unspecified atom stereocenters. The maximum atomic E-state index is 12.3. The van der Waals surface area contributed by atoms with Crippen molar-refractivity contribution in [1.29, 1.82) is 0 Å². The van der Waals surface area contributed by atoms with Crippen molar-refractivity contribution < 1.29 is 4.79 Å². The number of nitrogens with zero attached hydrogens (tertiary/aromatic N) is 1. The average molecular weight is 327 g/mol. The Balaban J connectivity index is 2.63. The largest absolute Gasteiger partial charge is 0.341 e. The molecular formula is C15H23BrN2O. The molecule has 0 heterocycles. The van der Waals surface area contributed by atoms with Gasteiger partial charge in [0.05, 0.1) is 5.92 Å². The van der Waals surface area contributed by atoms with E-state index < -0.39 is 0 Å². The van der Waals surface area contributed by atoms with Gasteiger partial charge in [0.25, 0.3) is 0 Å². The van der Waals surface area contributed by atoms with Crippen molar-refractivity contribution in [2.24, 2.45) is 17.6 Å². The van der Waals surface area contributed by atoms with Crippen LogP contribution in [0, 0.1) is 11.8 Å². The average Bonchev–Trinajstić information content (AvgIpc) is 2.37. The normalized spacial score (nSPS) is 12.5. The summed E-state index contributed by atoms with van der Waals surface area (Å²) in [5.74, 6) is 0.554. The molecule has 1 aromatic rings. The van der Waals surface area contributed by atoms with Crippen LogP contribution in [-0.4, -0.2) is 24.4 Å². The predicted octanol–water partition coefficient (Wildman–Crippen LogP) is 3.03. The molecule has 19 heavy (non-hydrogen) atoms. The quantitative estimate of drug-likeness (QED) is 0.873. The molecule has 1 amide bonds. The first kappa shape index (κ1) is 16.2. The fraction of sp³-hybridized carbons (Fsp3) is 0.533. The number of hydrogen-bond donors (Lipinski definition) is 1. The Kier molecular flexibility index (Phi) is 6.52. The minimum Gasteiger partial charge on any atom is -0.341 e. The predicted molar refractivity (Wildman–Crippen MR) is 82.6 cm³/mol. The number of halogens is 1. The van der Waals surface area contributed by atoms with Crippen LogP contribution in [0.25, 0.3) is 0 Å². The topological polar surface area (TPSA) is 46.3 Å². The van der Waals surface area contributed by atoms with Gasteiger partial charge >= 0.3 is 0 Å². The number of nitrogens with two attached hydrogens (primary N) is 1. The molecule has 0 bridgehead atoms. The lowest BCUT2D eigenvalue weighted by Gasteiger charge is -2.24. The van der Waals surface area contributed by atoms with Crippen LogP contribution >= 0.6 is 15.9 Å². The van der Waals surface area contributed by atoms with Gasteiger partial charge in [0, 0.05) is 24.6 Å². The molecule has 0 spiro atoms. The van der Waals surface area contributed by atoms with Gasteiger partial charge in [0.2, 0.25) is 5.91 Å². The summed E-state index contributed by atoms with van der Waals surface area (Å²) in [6, 6.07) is 8.02. The summed E-state index contributed by atoms with van der Waals surface area (Å²) in [7, 11) is 1.84. The van der Waals surface area contributed by atoms with Crippen LogP contribution in [-0.2, 0) is 11.3 Å². The van der Waals surface area contributed by atoms with Crippen LogP contribution in [0.3, 0.4) is 0 Å². The van der Waals surface area contributed by atoms with Gasteiger partial charge in [0.1, 0.15) is 0 Å². The van der Waals surface area contributed by atoms with Gasteiger partial charge in [-0.15, -0.1) is 0 Å². The fourth-order valence-corrected chi connectivity index (χ4v) is 2.38. The lowest BCUT2D eigenvalue weighted by molar-refractivity contribution is -0.134. The van der Waals surface area contributed by atoms with Crippen LogP contribution in [0.1, 0.15) is 25.8 Å². The van der Waals surface area contributed by atoms with E-state index in [1.54, 1.807) is 4.90 Å². The second-order valence-electron chi connectivity index (χ2n) is 5.38. The Hall–Kier alpha value is -0.870. The molecule has 0 aliphatic rings. The van der Waals surface area contributed by atoms with Gasteiger partial charge in [-0.25, -0.2) is 0 Å². The van der Waals surface area contributed by atoms with E-state index >= 15 is 0 Å². The number of carbonyl (C=O) groups excluding carboxylic acids is 1. The van der Waals surface area contributed by atoms with Gasteiger partial charge in [-0.05, 0) is 30.0 Å². The molecule has 0 aliphatic carbocycles. The molecule has 0 radical (unpaired) electrons.